The van der Waals surface area contributed by atoms with Gasteiger partial charge in [0, 0.05) is 12.1 Å². The average molecular weight is 290 g/mol. The number of hydrogen-bond donors (Lipinski definition) is 0. The van der Waals surface area contributed by atoms with Crippen LogP contribution in [0, 0.1) is 20.2 Å². The van der Waals surface area contributed by atoms with E-state index in [9.17, 15) is 28.6 Å². The first kappa shape index (κ1) is 14.8. The van der Waals surface area contributed by atoms with E-state index in [1.54, 1.807) is 0 Å². The molecule has 1 aromatic carbocycles. The molecule has 0 fully saturated rings. The second-order valence-corrected chi connectivity index (χ2v) is 5.69. The molecule has 0 aromatic heterocycles. The summed E-state index contributed by atoms with van der Waals surface area (Å²) in [5.41, 5.74) is -1.52. The number of methoxy groups -OCH3 is 1. The van der Waals surface area contributed by atoms with Crippen LogP contribution < -0.4 is 4.74 Å². The van der Waals surface area contributed by atoms with Crippen LogP contribution >= 0.6 is 0 Å². The highest BCUT2D eigenvalue weighted by atomic mass is 32.2. The molecule has 0 amide bonds. The van der Waals surface area contributed by atoms with Gasteiger partial charge in [-0.1, -0.05) is 6.92 Å². The van der Waals surface area contributed by atoms with Gasteiger partial charge in [-0.2, -0.15) is 0 Å². The van der Waals surface area contributed by atoms with Crippen molar-refractivity contribution >= 4 is 21.2 Å². The average Bonchev–Trinajstić information content (AvgIpc) is 2.36. The molecule has 0 spiro atoms. The zero-order chi connectivity index (χ0) is 14.8. The van der Waals surface area contributed by atoms with Crippen molar-refractivity contribution in [2.45, 2.75) is 11.8 Å². The van der Waals surface area contributed by atoms with Crippen LogP contribution in [0.2, 0.25) is 0 Å². The van der Waals surface area contributed by atoms with Crippen molar-refractivity contribution in [2.75, 3.05) is 12.9 Å². The molecule has 1 aromatic rings. The maximum absolute atomic E-state index is 11.7. The Hall–Kier alpha value is -2.23. The molecule has 0 aliphatic heterocycles. The minimum Gasteiger partial charge on any atom is -0.485 e. The molecule has 0 heterocycles. The van der Waals surface area contributed by atoms with Gasteiger partial charge in [-0.15, -0.1) is 0 Å². The van der Waals surface area contributed by atoms with E-state index < -0.39 is 41.7 Å². The molecule has 0 unspecified atom stereocenters. The van der Waals surface area contributed by atoms with Crippen LogP contribution in [0.15, 0.2) is 17.0 Å². The molecule has 19 heavy (non-hydrogen) atoms. The Labute approximate surface area is 108 Å². The maximum atomic E-state index is 11.7. The normalized spacial score (nSPS) is 11.1. The maximum Gasteiger partial charge on any atom is 0.319 e. The summed E-state index contributed by atoms with van der Waals surface area (Å²) in [6, 6.07) is 1.51. The van der Waals surface area contributed by atoms with Crippen molar-refractivity contribution < 1.29 is 23.0 Å². The van der Waals surface area contributed by atoms with Crippen LogP contribution in [0.3, 0.4) is 0 Å². The van der Waals surface area contributed by atoms with E-state index in [-0.39, 0.29) is 5.75 Å². The minimum atomic E-state index is -3.80. The van der Waals surface area contributed by atoms with Gasteiger partial charge in [0.2, 0.25) is 0 Å². The van der Waals surface area contributed by atoms with Crippen molar-refractivity contribution in [3.8, 4) is 5.75 Å². The highest BCUT2D eigenvalue weighted by Gasteiger charge is 2.30. The number of nitrogens with zero attached hydrogens (tertiary/aromatic N) is 2. The third-order valence-electron chi connectivity index (χ3n) is 2.36. The summed E-state index contributed by atoms with van der Waals surface area (Å²) >= 11 is 0. The Morgan fingerprint density at radius 2 is 1.58 bits per heavy atom. The second kappa shape index (κ2) is 5.18. The van der Waals surface area contributed by atoms with E-state index in [1.165, 1.54) is 6.92 Å². The van der Waals surface area contributed by atoms with Crippen molar-refractivity contribution in [3.63, 3.8) is 0 Å². The zero-order valence-corrected chi connectivity index (χ0v) is 10.8. The molecule has 0 aliphatic rings. The van der Waals surface area contributed by atoms with Crippen molar-refractivity contribution in [2.24, 2.45) is 0 Å². The number of benzene rings is 1. The molecular formula is C9H10N2O7S. The van der Waals surface area contributed by atoms with E-state index in [0.29, 0.717) is 0 Å². The SMILES string of the molecule is CCS(=O)(=O)c1cc([N+](=O)[O-])c(OC)c([N+](=O)[O-])c1. The fourth-order valence-electron chi connectivity index (χ4n) is 1.40. The Morgan fingerprint density at radius 1 is 1.16 bits per heavy atom. The van der Waals surface area contributed by atoms with E-state index in [4.69, 9.17) is 0 Å². The molecule has 0 N–H and O–H groups in total. The molecule has 0 radical (unpaired) electrons. The van der Waals surface area contributed by atoms with Gasteiger partial charge in [0.05, 0.1) is 27.6 Å². The Bertz CT molecular complexity index is 603. The highest BCUT2D eigenvalue weighted by Crippen LogP contribution is 2.39. The zero-order valence-electron chi connectivity index (χ0n) is 10.0. The summed E-state index contributed by atoms with van der Waals surface area (Å²) in [6.45, 7) is 1.33. The summed E-state index contributed by atoms with van der Waals surface area (Å²) < 4.78 is 28.0. The van der Waals surface area contributed by atoms with Crippen LogP contribution in [-0.2, 0) is 9.84 Å². The molecule has 0 bridgehead atoms. The van der Waals surface area contributed by atoms with Crippen molar-refractivity contribution in [1.29, 1.82) is 0 Å². The quantitative estimate of drug-likeness (QED) is 0.590. The van der Waals surface area contributed by atoms with Gasteiger partial charge in [-0.05, 0) is 0 Å². The highest BCUT2D eigenvalue weighted by molar-refractivity contribution is 7.91. The van der Waals surface area contributed by atoms with Crippen LogP contribution in [0.25, 0.3) is 0 Å². The molecule has 104 valence electrons. The first-order chi connectivity index (χ1) is 8.74. The van der Waals surface area contributed by atoms with Gasteiger partial charge in [-0.25, -0.2) is 8.42 Å². The monoisotopic (exact) mass is 290 g/mol. The number of nitro benzene ring substituents is 2. The van der Waals surface area contributed by atoms with E-state index in [1.807, 2.05) is 0 Å². The van der Waals surface area contributed by atoms with Gasteiger partial charge in [-0.3, -0.25) is 20.2 Å². The van der Waals surface area contributed by atoms with Gasteiger partial charge < -0.3 is 4.74 Å². The van der Waals surface area contributed by atoms with E-state index in [2.05, 4.69) is 4.74 Å². The molecular weight excluding hydrogens is 280 g/mol. The van der Waals surface area contributed by atoms with Crippen LogP contribution in [0.4, 0.5) is 11.4 Å². The van der Waals surface area contributed by atoms with Crippen LogP contribution in [0.5, 0.6) is 5.75 Å². The topological polar surface area (TPSA) is 130 Å². The fourth-order valence-corrected chi connectivity index (χ4v) is 2.32. The van der Waals surface area contributed by atoms with Crippen molar-refractivity contribution in [3.05, 3.63) is 32.4 Å². The Kier molecular flexibility index (Phi) is 4.04. The number of sulfone groups is 1. The molecule has 0 atom stereocenters. The standard InChI is InChI=1S/C9H10N2O7S/c1-3-19(16,17)6-4-7(10(12)13)9(18-2)8(5-6)11(14)15/h4-5H,3H2,1-2H3. The lowest BCUT2D eigenvalue weighted by Gasteiger charge is -2.06. The predicted molar refractivity (Wildman–Crippen MR) is 64.0 cm³/mol. The molecule has 0 aliphatic carbocycles. The van der Waals surface area contributed by atoms with Crippen LogP contribution in [0.1, 0.15) is 6.92 Å². The number of rotatable bonds is 5. The lowest BCUT2D eigenvalue weighted by molar-refractivity contribution is -0.396. The summed E-state index contributed by atoms with van der Waals surface area (Å²) in [5, 5.41) is 21.7. The largest absolute Gasteiger partial charge is 0.485 e. The van der Waals surface area contributed by atoms with E-state index in [0.717, 1.165) is 19.2 Å². The van der Waals surface area contributed by atoms with Gasteiger partial charge >= 0.3 is 11.4 Å². The van der Waals surface area contributed by atoms with Gasteiger partial charge in [0.15, 0.2) is 9.84 Å². The van der Waals surface area contributed by atoms with Crippen LogP contribution in [-0.4, -0.2) is 31.1 Å². The number of hydrogen-bond acceptors (Lipinski definition) is 7. The predicted octanol–water partition coefficient (Wildman–Crippen LogP) is 1.31. The molecule has 10 heteroatoms. The number of ether oxygens (including phenoxy) is 1. The summed E-state index contributed by atoms with van der Waals surface area (Å²) in [7, 11) is -2.77. The summed E-state index contributed by atoms with van der Waals surface area (Å²) in [4.78, 5) is 19.3. The second-order valence-electron chi connectivity index (χ2n) is 3.41. The molecule has 0 saturated heterocycles. The first-order valence-corrected chi connectivity index (χ1v) is 6.63. The van der Waals surface area contributed by atoms with Crippen molar-refractivity contribution in [1.82, 2.24) is 0 Å². The third-order valence-corrected chi connectivity index (χ3v) is 4.07. The molecule has 9 nitrogen and oxygen atoms in total. The minimum absolute atomic E-state index is 0.326. The lowest BCUT2D eigenvalue weighted by atomic mass is 10.2. The summed E-state index contributed by atoms with van der Waals surface area (Å²) in [6.07, 6.45) is 0. The van der Waals surface area contributed by atoms with E-state index >= 15 is 0 Å². The fraction of sp³-hybridized carbons (Fsp3) is 0.333. The Balaban J connectivity index is 3.74. The van der Waals surface area contributed by atoms with Gasteiger partial charge in [0.25, 0.3) is 5.75 Å². The first-order valence-electron chi connectivity index (χ1n) is 4.98. The summed E-state index contributed by atoms with van der Waals surface area (Å²) in [5.74, 6) is -0.904. The molecule has 0 saturated carbocycles. The Morgan fingerprint density at radius 3 is 1.84 bits per heavy atom. The third kappa shape index (κ3) is 2.78. The van der Waals surface area contributed by atoms with Gasteiger partial charge in [0.1, 0.15) is 0 Å². The smallest absolute Gasteiger partial charge is 0.319 e. The lowest BCUT2D eigenvalue weighted by Crippen LogP contribution is -2.07. The number of nitro groups is 2. The molecule has 1 rings (SSSR count).